The quantitative estimate of drug-likeness (QED) is 0.788. The molecule has 6 nitrogen and oxygen atoms in total. The zero-order valence-electron chi connectivity index (χ0n) is 7.64. The monoisotopic (exact) mass is 212 g/mol. The second-order valence-electron chi connectivity index (χ2n) is 2.42. The number of fused-ring (bicyclic) bond motifs is 1. The van der Waals surface area contributed by atoms with E-state index in [0.29, 0.717) is 16.7 Å². The number of rotatable bonds is 2. The fraction of sp³-hybridized carbons (Fsp3) is 0.286. The van der Waals surface area contributed by atoms with Crippen LogP contribution < -0.4 is 15.2 Å². The summed E-state index contributed by atoms with van der Waals surface area (Å²) in [6, 6.07) is 0.222. The lowest BCUT2D eigenvalue weighted by atomic mass is 10.6. The molecule has 0 fully saturated rings. The van der Waals surface area contributed by atoms with Crippen molar-refractivity contribution in [2.24, 2.45) is 0 Å². The van der Waals surface area contributed by atoms with Gasteiger partial charge >= 0.3 is 6.01 Å². The average molecular weight is 212 g/mol. The van der Waals surface area contributed by atoms with Crippen molar-refractivity contribution in [2.45, 2.75) is 0 Å². The highest BCUT2D eigenvalue weighted by molar-refractivity contribution is 7.22. The summed E-state index contributed by atoms with van der Waals surface area (Å²) >= 11 is 1.28. The van der Waals surface area contributed by atoms with E-state index in [-0.39, 0.29) is 6.01 Å². The first-order valence-electron chi connectivity index (χ1n) is 3.76. The minimum atomic E-state index is 0.222. The Labute approximate surface area is 83.7 Å². The number of nitrogens with zero attached hydrogens (tertiary/aromatic N) is 3. The molecule has 0 aromatic carbocycles. The second-order valence-corrected chi connectivity index (χ2v) is 3.46. The normalized spacial score (nSPS) is 10.4. The first-order chi connectivity index (χ1) is 6.74. The van der Waals surface area contributed by atoms with Gasteiger partial charge in [0.15, 0.2) is 10.8 Å². The number of nitrogen functional groups attached to an aromatic ring is 1. The van der Waals surface area contributed by atoms with Gasteiger partial charge in [-0.25, -0.2) is 0 Å². The van der Waals surface area contributed by atoms with Crippen LogP contribution in [0.1, 0.15) is 0 Å². The predicted octanol–water partition coefficient (Wildman–Crippen LogP) is 0.686. The largest absolute Gasteiger partial charge is 0.480 e. The Morgan fingerprint density at radius 3 is 2.57 bits per heavy atom. The zero-order valence-corrected chi connectivity index (χ0v) is 8.46. The molecule has 2 rings (SSSR count). The Balaban J connectivity index is 2.72. The molecule has 0 saturated carbocycles. The van der Waals surface area contributed by atoms with Crippen molar-refractivity contribution in [3.63, 3.8) is 0 Å². The number of aromatic nitrogens is 3. The smallest absolute Gasteiger partial charge is 0.321 e. The number of thiazole rings is 1. The number of methoxy groups -OCH3 is 2. The van der Waals surface area contributed by atoms with Gasteiger partial charge in [-0.1, -0.05) is 11.3 Å². The minimum Gasteiger partial charge on any atom is -0.480 e. The third kappa shape index (κ3) is 1.31. The van der Waals surface area contributed by atoms with Gasteiger partial charge in [-0.15, -0.1) is 0 Å². The van der Waals surface area contributed by atoms with Crippen molar-refractivity contribution in [3.8, 4) is 11.9 Å². The second kappa shape index (κ2) is 3.26. The lowest BCUT2D eigenvalue weighted by Gasteiger charge is -2.01. The molecular formula is C7H8N4O2S. The van der Waals surface area contributed by atoms with Crippen molar-refractivity contribution < 1.29 is 9.47 Å². The molecule has 0 spiro atoms. The topological polar surface area (TPSA) is 83.2 Å². The van der Waals surface area contributed by atoms with Gasteiger partial charge in [0.2, 0.25) is 5.88 Å². The van der Waals surface area contributed by atoms with E-state index >= 15 is 0 Å². The third-order valence-corrected chi connectivity index (χ3v) is 2.46. The van der Waals surface area contributed by atoms with Gasteiger partial charge in [0.05, 0.1) is 14.2 Å². The van der Waals surface area contributed by atoms with Crippen LogP contribution in [0.5, 0.6) is 11.9 Å². The molecular weight excluding hydrogens is 204 g/mol. The van der Waals surface area contributed by atoms with E-state index in [2.05, 4.69) is 15.0 Å². The van der Waals surface area contributed by atoms with Gasteiger partial charge in [-0.05, 0) is 0 Å². The lowest BCUT2D eigenvalue weighted by molar-refractivity contribution is 0.357. The highest BCUT2D eigenvalue weighted by Gasteiger charge is 2.12. The molecule has 0 aliphatic carbocycles. The molecule has 2 heterocycles. The van der Waals surface area contributed by atoms with Gasteiger partial charge in [-0.2, -0.15) is 15.0 Å². The highest BCUT2D eigenvalue weighted by atomic mass is 32.1. The maximum absolute atomic E-state index is 5.55. The van der Waals surface area contributed by atoms with Crippen LogP contribution in [0.4, 0.5) is 5.13 Å². The Morgan fingerprint density at radius 1 is 1.14 bits per heavy atom. The van der Waals surface area contributed by atoms with Crippen LogP contribution in [0.2, 0.25) is 0 Å². The summed E-state index contributed by atoms with van der Waals surface area (Å²) in [5, 5.41) is 0.431. The lowest BCUT2D eigenvalue weighted by Crippen LogP contribution is -1.95. The van der Waals surface area contributed by atoms with Crippen molar-refractivity contribution >= 4 is 26.8 Å². The van der Waals surface area contributed by atoms with E-state index in [9.17, 15) is 0 Å². The molecule has 0 amide bonds. The molecule has 14 heavy (non-hydrogen) atoms. The first kappa shape index (κ1) is 8.95. The number of anilines is 1. The highest BCUT2D eigenvalue weighted by Crippen LogP contribution is 2.30. The summed E-state index contributed by atoms with van der Waals surface area (Å²) in [7, 11) is 3.01. The van der Waals surface area contributed by atoms with Crippen LogP contribution in [-0.4, -0.2) is 29.2 Å². The zero-order chi connectivity index (χ0) is 10.1. The Bertz CT molecular complexity index is 470. The maximum Gasteiger partial charge on any atom is 0.321 e. The van der Waals surface area contributed by atoms with Gasteiger partial charge in [0.25, 0.3) is 0 Å². The standard InChI is InChI=1S/C7H8N4O2S/c1-12-5-3-4(9-6(8)14-3)10-7(11-5)13-2/h1-2H3,(H2,8,9,10,11). The summed E-state index contributed by atoms with van der Waals surface area (Å²) in [6.07, 6.45) is 0. The minimum absolute atomic E-state index is 0.222. The number of hydrogen-bond acceptors (Lipinski definition) is 7. The van der Waals surface area contributed by atoms with Crippen LogP contribution in [0.15, 0.2) is 0 Å². The van der Waals surface area contributed by atoms with Crippen LogP contribution >= 0.6 is 11.3 Å². The van der Waals surface area contributed by atoms with E-state index in [1.165, 1.54) is 25.6 Å². The van der Waals surface area contributed by atoms with E-state index in [1.54, 1.807) is 0 Å². The summed E-state index contributed by atoms with van der Waals surface area (Å²) in [6.45, 7) is 0. The summed E-state index contributed by atoms with van der Waals surface area (Å²) < 4.78 is 10.7. The van der Waals surface area contributed by atoms with Crippen LogP contribution in [0.25, 0.3) is 10.3 Å². The fourth-order valence-corrected chi connectivity index (χ4v) is 1.77. The van der Waals surface area contributed by atoms with E-state index in [4.69, 9.17) is 15.2 Å². The van der Waals surface area contributed by atoms with Gasteiger partial charge in [0, 0.05) is 0 Å². The van der Waals surface area contributed by atoms with E-state index in [1.807, 2.05) is 0 Å². The molecule has 0 atom stereocenters. The Morgan fingerprint density at radius 2 is 1.93 bits per heavy atom. The summed E-state index contributed by atoms with van der Waals surface area (Å²) in [5.41, 5.74) is 6.05. The molecule has 0 unspecified atom stereocenters. The van der Waals surface area contributed by atoms with Crippen molar-refractivity contribution in [1.29, 1.82) is 0 Å². The van der Waals surface area contributed by atoms with Gasteiger partial charge in [0.1, 0.15) is 4.70 Å². The molecule has 0 aliphatic heterocycles. The van der Waals surface area contributed by atoms with E-state index in [0.717, 1.165) is 4.70 Å². The molecule has 0 saturated heterocycles. The summed E-state index contributed by atoms with van der Waals surface area (Å²) in [4.78, 5) is 12.1. The van der Waals surface area contributed by atoms with Crippen molar-refractivity contribution in [2.75, 3.05) is 20.0 Å². The third-order valence-electron chi connectivity index (χ3n) is 1.59. The van der Waals surface area contributed by atoms with Crippen LogP contribution in [0, 0.1) is 0 Å². The molecule has 2 aromatic heterocycles. The maximum atomic E-state index is 5.55. The predicted molar refractivity (Wildman–Crippen MR) is 52.7 cm³/mol. The van der Waals surface area contributed by atoms with Crippen LogP contribution in [-0.2, 0) is 0 Å². The molecule has 2 N–H and O–H groups in total. The van der Waals surface area contributed by atoms with Gasteiger partial charge in [-0.3, -0.25) is 0 Å². The molecule has 2 aromatic rings. The Hall–Kier alpha value is -1.63. The van der Waals surface area contributed by atoms with Gasteiger partial charge < -0.3 is 15.2 Å². The van der Waals surface area contributed by atoms with Crippen LogP contribution in [0.3, 0.4) is 0 Å². The molecule has 0 bridgehead atoms. The van der Waals surface area contributed by atoms with Crippen molar-refractivity contribution in [1.82, 2.24) is 15.0 Å². The molecule has 0 aliphatic rings. The number of ether oxygens (including phenoxy) is 2. The molecule has 74 valence electrons. The summed E-state index contributed by atoms with van der Waals surface area (Å²) in [5.74, 6) is 0.432. The average Bonchev–Trinajstić information content (AvgIpc) is 2.56. The molecule has 7 heteroatoms. The number of hydrogen-bond donors (Lipinski definition) is 1. The number of nitrogens with two attached hydrogens (primary N) is 1. The van der Waals surface area contributed by atoms with E-state index < -0.39 is 0 Å². The first-order valence-corrected chi connectivity index (χ1v) is 4.58. The Kier molecular flexibility index (Phi) is 2.08. The van der Waals surface area contributed by atoms with Crippen molar-refractivity contribution in [3.05, 3.63) is 0 Å². The molecule has 0 radical (unpaired) electrons. The fourth-order valence-electron chi connectivity index (χ4n) is 1.03. The SMILES string of the molecule is COc1nc(OC)c2sc(N)nc2n1.